The number of hydrogen-bond acceptors (Lipinski definition) is 8. The number of anilines is 2. The Morgan fingerprint density at radius 2 is 1.82 bits per heavy atom. The van der Waals surface area contributed by atoms with E-state index in [-0.39, 0.29) is 17.6 Å². The number of nitrogens with zero attached hydrogens (tertiary/aromatic N) is 5. The third-order valence-electron chi connectivity index (χ3n) is 10.6. The fourth-order valence-corrected chi connectivity index (χ4v) is 8.31. The second-order valence-corrected chi connectivity index (χ2v) is 13.9. The lowest BCUT2D eigenvalue weighted by atomic mass is 9.96. The first-order valence-corrected chi connectivity index (χ1v) is 17.1. The number of aryl methyl sites for hydroxylation is 2. The molecule has 3 aliphatic rings. The van der Waals surface area contributed by atoms with Crippen LogP contribution in [0, 0.1) is 6.92 Å². The lowest BCUT2D eigenvalue weighted by Gasteiger charge is -2.28. The highest BCUT2D eigenvalue weighted by Gasteiger charge is 2.46. The minimum absolute atomic E-state index is 0.0946. The molecular formula is C37H37ClN8O4. The maximum absolute atomic E-state index is 13.2. The van der Waals surface area contributed by atoms with Crippen LogP contribution in [0.1, 0.15) is 35.6 Å². The zero-order valence-electron chi connectivity index (χ0n) is 28.3. The number of halogens is 1. The second kappa shape index (κ2) is 12.0. The number of hydrogen-bond donors (Lipinski definition) is 3. The van der Waals surface area contributed by atoms with Crippen molar-refractivity contribution in [2.45, 2.75) is 37.8 Å². The van der Waals surface area contributed by atoms with Gasteiger partial charge in [-0.1, -0.05) is 41.9 Å². The van der Waals surface area contributed by atoms with Crippen molar-refractivity contribution in [1.29, 1.82) is 0 Å². The molecule has 5 aromatic rings. The average molecular weight is 693 g/mol. The molecule has 0 bridgehead atoms. The van der Waals surface area contributed by atoms with Gasteiger partial charge in [-0.15, -0.1) is 0 Å². The number of aromatic nitrogens is 4. The van der Waals surface area contributed by atoms with Gasteiger partial charge in [-0.05, 0) is 61.1 Å². The number of carbonyl (C=O) groups is 1. The lowest BCUT2D eigenvalue weighted by Crippen LogP contribution is -2.46. The fraction of sp³-hybridized carbons (Fsp3) is 0.324. The number of nitrogens with one attached hydrogen (secondary N) is 3. The average Bonchev–Trinajstić information content (AvgIpc) is 3.84. The van der Waals surface area contributed by atoms with Crippen LogP contribution in [0.25, 0.3) is 33.3 Å². The van der Waals surface area contributed by atoms with E-state index in [1.54, 1.807) is 26.4 Å². The first kappa shape index (κ1) is 32.0. The molecule has 2 atom stereocenters. The maximum atomic E-state index is 13.2. The van der Waals surface area contributed by atoms with E-state index >= 15 is 0 Å². The predicted octanol–water partition coefficient (Wildman–Crippen LogP) is 4.82. The van der Waals surface area contributed by atoms with Gasteiger partial charge in [0.2, 0.25) is 5.88 Å². The molecule has 2 fully saturated rings. The van der Waals surface area contributed by atoms with Crippen LogP contribution in [-0.4, -0.2) is 62.3 Å². The lowest BCUT2D eigenvalue weighted by molar-refractivity contribution is 0.219. The Morgan fingerprint density at radius 1 is 1.04 bits per heavy atom. The number of benzene rings is 2. The van der Waals surface area contributed by atoms with E-state index < -0.39 is 11.2 Å². The normalized spacial score (nSPS) is 19.9. The van der Waals surface area contributed by atoms with Crippen molar-refractivity contribution < 1.29 is 9.53 Å². The Hall–Kier alpha value is -5.20. The first-order valence-electron chi connectivity index (χ1n) is 16.7. The molecule has 0 radical (unpaired) electrons. The first-order chi connectivity index (χ1) is 24.1. The van der Waals surface area contributed by atoms with Gasteiger partial charge in [0.15, 0.2) is 0 Å². The molecular weight excluding hydrogens is 656 g/mol. The third kappa shape index (κ3) is 5.04. The SMILES string of the molecule is COc1nc(-c2cccc(-c3cccc(Nc4nccc5c4c(=O)n(C)c(=O)n5C)c3C)c2Cl)cc2c1C(N1CCC3(CNC(=O)N3)C1)CC2. The number of amides is 2. The number of methoxy groups -OCH3 is 1. The summed E-state index contributed by atoms with van der Waals surface area (Å²) in [7, 11) is 4.76. The monoisotopic (exact) mass is 692 g/mol. The molecule has 256 valence electrons. The van der Waals surface area contributed by atoms with Gasteiger partial charge in [0.05, 0.1) is 28.9 Å². The van der Waals surface area contributed by atoms with Crippen LogP contribution in [-0.2, 0) is 20.5 Å². The number of likely N-dealkylation sites (tertiary alicyclic amines) is 1. The summed E-state index contributed by atoms with van der Waals surface area (Å²) in [5.74, 6) is 0.963. The highest BCUT2D eigenvalue weighted by Crippen LogP contribution is 2.46. The number of urea groups is 1. The van der Waals surface area contributed by atoms with E-state index in [0.29, 0.717) is 34.2 Å². The molecule has 1 spiro atoms. The van der Waals surface area contributed by atoms with Crippen molar-refractivity contribution in [3.8, 4) is 28.3 Å². The van der Waals surface area contributed by atoms with E-state index in [1.165, 1.54) is 17.2 Å². The molecule has 12 nitrogen and oxygen atoms in total. The molecule has 2 unspecified atom stereocenters. The maximum Gasteiger partial charge on any atom is 0.330 e. The van der Waals surface area contributed by atoms with Gasteiger partial charge in [0, 0.05) is 68.3 Å². The molecule has 2 aromatic carbocycles. The van der Waals surface area contributed by atoms with Crippen LogP contribution in [0.15, 0.2) is 64.3 Å². The Kier molecular flexibility index (Phi) is 7.68. The zero-order chi connectivity index (χ0) is 34.9. The summed E-state index contributed by atoms with van der Waals surface area (Å²) < 4.78 is 8.46. The summed E-state index contributed by atoms with van der Waals surface area (Å²) >= 11 is 7.23. The molecule has 50 heavy (non-hydrogen) atoms. The number of pyridine rings is 2. The molecule has 3 N–H and O–H groups in total. The number of rotatable bonds is 6. The molecule has 1 aliphatic carbocycles. The molecule has 2 amide bonds. The molecule has 2 aliphatic heterocycles. The predicted molar refractivity (Wildman–Crippen MR) is 193 cm³/mol. The minimum Gasteiger partial charge on any atom is -0.481 e. The molecule has 3 aromatic heterocycles. The largest absolute Gasteiger partial charge is 0.481 e. The molecule has 5 heterocycles. The number of fused-ring (bicyclic) bond motifs is 2. The van der Waals surface area contributed by atoms with Crippen LogP contribution in [0.5, 0.6) is 5.88 Å². The Bertz CT molecular complexity index is 2350. The molecule has 2 saturated heterocycles. The van der Waals surface area contributed by atoms with Crippen molar-refractivity contribution in [1.82, 2.24) is 34.6 Å². The number of ether oxygens (including phenoxy) is 1. The summed E-state index contributed by atoms with van der Waals surface area (Å²) in [6.07, 6.45) is 4.33. The van der Waals surface area contributed by atoms with Crippen molar-refractivity contribution in [3.63, 3.8) is 0 Å². The van der Waals surface area contributed by atoms with Crippen LogP contribution >= 0.6 is 11.6 Å². The van der Waals surface area contributed by atoms with Crippen LogP contribution in [0.3, 0.4) is 0 Å². The summed E-state index contributed by atoms with van der Waals surface area (Å²) in [6, 6.07) is 15.7. The third-order valence-corrected chi connectivity index (χ3v) is 11.1. The fourth-order valence-electron chi connectivity index (χ4n) is 7.98. The Morgan fingerprint density at radius 3 is 2.60 bits per heavy atom. The van der Waals surface area contributed by atoms with E-state index in [0.717, 1.165) is 76.1 Å². The number of carbonyl (C=O) groups excluding carboxylic acids is 1. The van der Waals surface area contributed by atoms with Crippen LogP contribution in [0.2, 0.25) is 5.02 Å². The Labute approximate surface area is 293 Å². The van der Waals surface area contributed by atoms with Gasteiger partial charge in [-0.25, -0.2) is 19.6 Å². The van der Waals surface area contributed by atoms with Gasteiger partial charge >= 0.3 is 11.7 Å². The smallest absolute Gasteiger partial charge is 0.330 e. The van der Waals surface area contributed by atoms with Crippen molar-refractivity contribution in [2.75, 3.05) is 32.1 Å². The summed E-state index contributed by atoms with van der Waals surface area (Å²) in [4.78, 5) is 49.6. The standard InChI is InChI=1S/C37H37ClN8O4/c1-20-22(7-6-10-25(20)41-32-30-27(13-15-39-32)44(2)36(49)45(3)34(30)47)23-8-5-9-24(31(23)38)26-17-21-11-12-28(29(21)33(42-26)50-4)46-16-14-37(19-46)18-40-35(48)43-37/h5-10,13,15,17,28H,11-12,14,16,18-19H2,1-4H3,(H,39,41)(H2,40,43,48). The van der Waals surface area contributed by atoms with E-state index in [9.17, 15) is 14.4 Å². The van der Waals surface area contributed by atoms with Gasteiger partial charge in [0.1, 0.15) is 11.2 Å². The van der Waals surface area contributed by atoms with E-state index in [4.69, 9.17) is 21.3 Å². The summed E-state index contributed by atoms with van der Waals surface area (Å²) in [5, 5.41) is 10.3. The van der Waals surface area contributed by atoms with E-state index in [1.807, 2.05) is 43.3 Å². The quantitative estimate of drug-likeness (QED) is 0.231. The van der Waals surface area contributed by atoms with Gasteiger partial charge < -0.3 is 20.7 Å². The highest BCUT2D eigenvalue weighted by atomic mass is 35.5. The molecule has 0 saturated carbocycles. The van der Waals surface area contributed by atoms with Crippen molar-refractivity contribution in [3.05, 3.63) is 97.3 Å². The van der Waals surface area contributed by atoms with Gasteiger partial charge in [0.25, 0.3) is 5.56 Å². The zero-order valence-corrected chi connectivity index (χ0v) is 29.0. The topological polar surface area (TPSA) is 135 Å². The van der Waals surface area contributed by atoms with Gasteiger partial charge in [-0.2, -0.15) is 0 Å². The van der Waals surface area contributed by atoms with Gasteiger partial charge in [-0.3, -0.25) is 18.8 Å². The van der Waals surface area contributed by atoms with Crippen LogP contribution < -0.4 is 31.9 Å². The van der Waals surface area contributed by atoms with Crippen LogP contribution in [0.4, 0.5) is 16.3 Å². The molecule has 8 rings (SSSR count). The minimum atomic E-state index is -0.421. The molecule has 13 heteroatoms. The Balaban J connectivity index is 1.13. The van der Waals surface area contributed by atoms with Crippen molar-refractivity contribution in [2.24, 2.45) is 14.1 Å². The van der Waals surface area contributed by atoms with Crippen molar-refractivity contribution >= 4 is 40.0 Å². The second-order valence-electron chi connectivity index (χ2n) is 13.5. The van der Waals surface area contributed by atoms with E-state index in [2.05, 4.69) is 31.9 Å². The highest BCUT2D eigenvalue weighted by molar-refractivity contribution is 6.36. The summed E-state index contributed by atoms with van der Waals surface area (Å²) in [5.41, 5.74) is 6.70. The summed E-state index contributed by atoms with van der Waals surface area (Å²) in [6.45, 7) is 4.32.